The van der Waals surface area contributed by atoms with Gasteiger partial charge in [0.25, 0.3) is 0 Å². The first kappa shape index (κ1) is 7.02. The lowest BCUT2D eigenvalue weighted by Gasteiger charge is -1.95. The van der Waals surface area contributed by atoms with Crippen LogP contribution < -0.4 is 0 Å². The van der Waals surface area contributed by atoms with Crippen LogP contribution in [-0.4, -0.2) is 12.5 Å². The molecule has 0 aliphatic heterocycles. The van der Waals surface area contributed by atoms with E-state index in [2.05, 4.69) is 25.0 Å². The van der Waals surface area contributed by atoms with E-state index in [1.165, 1.54) is 11.9 Å². The Hall–Kier alpha value is 0.0200. The molecule has 42 valence electrons. The summed E-state index contributed by atoms with van der Waals surface area (Å²) in [5, 5.41) is 0. The first-order valence-electron chi connectivity index (χ1n) is 2.35. The van der Waals surface area contributed by atoms with Gasteiger partial charge in [-0.2, -0.15) is 0 Å². The molecule has 0 amide bonds. The fourth-order valence-corrected chi connectivity index (χ4v) is 0.605. The highest BCUT2D eigenvalue weighted by Crippen LogP contribution is 2.05. The van der Waals surface area contributed by atoms with Crippen molar-refractivity contribution in [2.24, 2.45) is 10.3 Å². The molecule has 0 bridgehead atoms. The Kier molecular flexibility index (Phi) is 4.20. The van der Waals surface area contributed by atoms with E-state index in [9.17, 15) is 0 Å². The maximum Gasteiger partial charge on any atom is 0.0176 e. The molecule has 7 heavy (non-hydrogen) atoms. The van der Waals surface area contributed by atoms with Crippen molar-refractivity contribution in [2.75, 3.05) is 5.75 Å². The van der Waals surface area contributed by atoms with Crippen molar-refractivity contribution in [2.45, 2.75) is 13.8 Å². The zero-order valence-electron chi connectivity index (χ0n) is 4.85. The van der Waals surface area contributed by atoms with Gasteiger partial charge in [0.1, 0.15) is 0 Å². The summed E-state index contributed by atoms with van der Waals surface area (Å²) in [6, 6.07) is 0. The van der Waals surface area contributed by atoms with Crippen molar-refractivity contribution in [1.29, 1.82) is 0 Å². The van der Waals surface area contributed by atoms with Crippen LogP contribution in [-0.2, 0) is 0 Å². The highest BCUT2D eigenvalue weighted by atomic mass is 32.2. The third-order valence-corrected chi connectivity index (χ3v) is 1.50. The Bertz CT molecular complexity index is 52.0. The van der Waals surface area contributed by atoms with Crippen molar-refractivity contribution in [3.63, 3.8) is 0 Å². The van der Waals surface area contributed by atoms with Crippen molar-refractivity contribution < 1.29 is 0 Å². The summed E-state index contributed by atoms with van der Waals surface area (Å²) < 4.78 is 3.64. The van der Waals surface area contributed by atoms with Gasteiger partial charge in [-0.25, -0.2) is 4.40 Å². The molecule has 0 aliphatic carbocycles. The summed E-state index contributed by atoms with van der Waals surface area (Å²) in [7, 11) is 0. The second kappa shape index (κ2) is 4.19. The van der Waals surface area contributed by atoms with Gasteiger partial charge in [-0.3, -0.25) is 0 Å². The molecule has 0 saturated carbocycles. The zero-order valence-corrected chi connectivity index (χ0v) is 5.66. The largest absolute Gasteiger partial charge is 0.232 e. The minimum Gasteiger partial charge on any atom is -0.232 e. The Balaban J connectivity index is 2.81. The van der Waals surface area contributed by atoms with E-state index in [-0.39, 0.29) is 0 Å². The maximum absolute atomic E-state index is 3.64. The molecule has 0 aliphatic rings. The first-order chi connectivity index (χ1) is 3.27. The minimum absolute atomic E-state index is 0.732. The molecule has 0 atom stereocenters. The molecule has 2 heteroatoms. The van der Waals surface area contributed by atoms with Gasteiger partial charge in [-0.05, 0) is 24.6 Å². The molecule has 0 aromatic rings. The third kappa shape index (κ3) is 6.02. The monoisotopic (exact) mass is 117 g/mol. The predicted molar refractivity (Wildman–Crippen MR) is 36.8 cm³/mol. The van der Waals surface area contributed by atoms with E-state index >= 15 is 0 Å². The van der Waals surface area contributed by atoms with Gasteiger partial charge in [0.2, 0.25) is 0 Å². The van der Waals surface area contributed by atoms with Gasteiger partial charge in [0.15, 0.2) is 0 Å². The molecule has 0 heterocycles. The van der Waals surface area contributed by atoms with E-state index in [0.29, 0.717) is 0 Å². The van der Waals surface area contributed by atoms with Gasteiger partial charge in [0.05, 0.1) is 0 Å². The summed E-state index contributed by atoms with van der Waals surface area (Å²) in [6.07, 6.45) is 0. The molecule has 0 spiro atoms. The Labute approximate surface area is 49.4 Å². The Morgan fingerprint density at radius 3 is 2.43 bits per heavy atom. The fourth-order valence-electron chi connectivity index (χ4n) is 0.202. The van der Waals surface area contributed by atoms with Crippen LogP contribution in [0.15, 0.2) is 4.40 Å². The normalized spacial score (nSPS) is 9.57. The van der Waals surface area contributed by atoms with Crippen LogP contribution in [0.25, 0.3) is 0 Å². The lowest BCUT2D eigenvalue weighted by molar-refractivity contribution is 0.751. The standard InChI is InChI=1S/C5H11NS/c1-5(2)4-7-6-3/h5H,3-4H2,1-2H3. The molecule has 0 rings (SSSR count). The molecule has 0 aromatic carbocycles. The smallest absolute Gasteiger partial charge is 0.0176 e. The van der Waals surface area contributed by atoms with Gasteiger partial charge >= 0.3 is 0 Å². The lowest BCUT2D eigenvalue weighted by Crippen LogP contribution is -1.87. The first-order valence-corrected chi connectivity index (χ1v) is 3.29. The van der Waals surface area contributed by atoms with Crippen molar-refractivity contribution in [1.82, 2.24) is 0 Å². The molecule has 1 nitrogen and oxygen atoms in total. The predicted octanol–water partition coefficient (Wildman–Crippen LogP) is 1.99. The molecule has 0 aromatic heterocycles. The van der Waals surface area contributed by atoms with Crippen LogP contribution in [0.4, 0.5) is 0 Å². The zero-order chi connectivity index (χ0) is 5.70. The molecular weight excluding hydrogens is 106 g/mol. The summed E-state index contributed by atoms with van der Waals surface area (Å²) in [5.41, 5.74) is 0. The average Bonchev–Trinajstić information content (AvgIpc) is 1.61. The summed E-state index contributed by atoms with van der Waals surface area (Å²) in [4.78, 5) is 0. The van der Waals surface area contributed by atoms with Crippen LogP contribution in [0.5, 0.6) is 0 Å². The van der Waals surface area contributed by atoms with E-state index in [4.69, 9.17) is 0 Å². The molecule has 0 N–H and O–H groups in total. The summed E-state index contributed by atoms with van der Waals surface area (Å²) >= 11 is 1.53. The van der Waals surface area contributed by atoms with Crippen molar-refractivity contribution in [3.05, 3.63) is 0 Å². The van der Waals surface area contributed by atoms with Gasteiger partial charge in [-0.15, -0.1) is 0 Å². The number of hydrogen-bond donors (Lipinski definition) is 0. The van der Waals surface area contributed by atoms with E-state index in [0.717, 1.165) is 11.7 Å². The quantitative estimate of drug-likeness (QED) is 0.407. The minimum atomic E-state index is 0.732. The highest BCUT2D eigenvalue weighted by Gasteiger charge is 1.88. The van der Waals surface area contributed by atoms with Crippen LogP contribution in [0, 0.1) is 5.92 Å². The summed E-state index contributed by atoms with van der Waals surface area (Å²) in [6.45, 7) is 7.68. The van der Waals surface area contributed by atoms with Crippen LogP contribution >= 0.6 is 11.9 Å². The maximum atomic E-state index is 3.64. The SMILES string of the molecule is C=NSCC(C)C. The van der Waals surface area contributed by atoms with Gasteiger partial charge in [-0.1, -0.05) is 13.8 Å². The Morgan fingerprint density at radius 2 is 2.29 bits per heavy atom. The van der Waals surface area contributed by atoms with Crippen LogP contribution in [0.1, 0.15) is 13.8 Å². The van der Waals surface area contributed by atoms with Crippen LogP contribution in [0.3, 0.4) is 0 Å². The number of nitrogens with zero attached hydrogens (tertiary/aromatic N) is 1. The molecule has 0 radical (unpaired) electrons. The van der Waals surface area contributed by atoms with E-state index in [1.807, 2.05) is 0 Å². The number of rotatable bonds is 3. The van der Waals surface area contributed by atoms with E-state index in [1.54, 1.807) is 0 Å². The summed E-state index contributed by atoms with van der Waals surface area (Å²) in [5.74, 6) is 1.82. The fraction of sp³-hybridized carbons (Fsp3) is 0.800. The molecule has 0 fully saturated rings. The molecule has 0 saturated heterocycles. The van der Waals surface area contributed by atoms with Crippen LogP contribution in [0.2, 0.25) is 0 Å². The lowest BCUT2D eigenvalue weighted by atomic mass is 10.3. The van der Waals surface area contributed by atoms with Crippen molar-refractivity contribution >= 4 is 18.7 Å². The van der Waals surface area contributed by atoms with Crippen molar-refractivity contribution in [3.8, 4) is 0 Å². The van der Waals surface area contributed by atoms with E-state index < -0.39 is 0 Å². The van der Waals surface area contributed by atoms with Gasteiger partial charge in [0, 0.05) is 5.75 Å². The second-order valence-corrected chi connectivity index (χ2v) is 2.67. The topological polar surface area (TPSA) is 12.4 Å². The molecular formula is C5H11NS. The van der Waals surface area contributed by atoms with Gasteiger partial charge < -0.3 is 0 Å². The molecule has 0 unspecified atom stereocenters. The second-order valence-electron chi connectivity index (χ2n) is 1.82. The Morgan fingerprint density at radius 1 is 1.71 bits per heavy atom. The highest BCUT2D eigenvalue weighted by molar-refractivity contribution is 7.98. The average molecular weight is 117 g/mol. The number of hydrogen-bond acceptors (Lipinski definition) is 2. The third-order valence-electron chi connectivity index (χ3n) is 0.499.